The van der Waals surface area contributed by atoms with E-state index in [0.717, 1.165) is 6.42 Å². The predicted octanol–water partition coefficient (Wildman–Crippen LogP) is 4.41. The van der Waals surface area contributed by atoms with E-state index in [9.17, 15) is 13.6 Å². The Balaban J connectivity index is 1.82. The third-order valence-electron chi connectivity index (χ3n) is 3.95. The Hall–Kier alpha value is -2.71. The summed E-state index contributed by atoms with van der Waals surface area (Å²) in [5.41, 5.74) is -0.329. The van der Waals surface area contributed by atoms with Crippen molar-refractivity contribution in [2.75, 3.05) is 6.54 Å². The number of carbonyl (C=O) groups excluding carboxylic acids is 1. The third kappa shape index (κ3) is 4.53. The molecule has 0 unspecified atom stereocenters. The van der Waals surface area contributed by atoms with Crippen LogP contribution in [0.3, 0.4) is 0 Å². The summed E-state index contributed by atoms with van der Waals surface area (Å²) in [6.07, 6.45) is 0.967. The van der Waals surface area contributed by atoms with Crippen LogP contribution < -0.4 is 4.74 Å². The number of hydrogen-bond donors (Lipinski definition) is 0. The molecular formula is C18H21F2N3O4. The molecule has 2 aromatic rings. The van der Waals surface area contributed by atoms with Crippen molar-refractivity contribution in [3.8, 4) is 17.1 Å². The van der Waals surface area contributed by atoms with Crippen molar-refractivity contribution in [1.82, 2.24) is 15.0 Å². The lowest BCUT2D eigenvalue weighted by atomic mass is 10.2. The third-order valence-corrected chi connectivity index (χ3v) is 3.95. The molecule has 146 valence electrons. The topological polar surface area (TPSA) is 77.7 Å². The first-order valence-corrected chi connectivity index (χ1v) is 8.62. The predicted molar refractivity (Wildman–Crippen MR) is 91.3 cm³/mol. The van der Waals surface area contributed by atoms with Gasteiger partial charge < -0.3 is 14.0 Å². The minimum atomic E-state index is -2.96. The Bertz CT molecular complexity index is 804. The minimum Gasteiger partial charge on any atom is -0.444 e. The van der Waals surface area contributed by atoms with Gasteiger partial charge in [-0.2, -0.15) is 13.8 Å². The van der Waals surface area contributed by atoms with Crippen molar-refractivity contribution < 1.29 is 27.6 Å². The normalized spacial score (nSPS) is 17.4. The fourth-order valence-corrected chi connectivity index (χ4v) is 2.89. The highest BCUT2D eigenvalue weighted by molar-refractivity contribution is 5.69. The van der Waals surface area contributed by atoms with Crippen LogP contribution in [0.4, 0.5) is 13.6 Å². The van der Waals surface area contributed by atoms with Crippen LogP contribution in [0, 0.1) is 0 Å². The van der Waals surface area contributed by atoms with Crippen molar-refractivity contribution in [1.29, 1.82) is 0 Å². The quantitative estimate of drug-likeness (QED) is 0.781. The first-order valence-electron chi connectivity index (χ1n) is 8.62. The molecule has 0 radical (unpaired) electrons. The van der Waals surface area contributed by atoms with Gasteiger partial charge in [-0.25, -0.2) is 4.79 Å². The maximum absolute atomic E-state index is 12.6. The average Bonchev–Trinajstić information content (AvgIpc) is 3.22. The second-order valence-corrected chi connectivity index (χ2v) is 7.16. The van der Waals surface area contributed by atoms with Gasteiger partial charge in [0, 0.05) is 6.54 Å². The van der Waals surface area contributed by atoms with Crippen molar-refractivity contribution in [2.24, 2.45) is 0 Å². The molecule has 9 heteroatoms. The molecule has 1 aromatic heterocycles. The van der Waals surface area contributed by atoms with E-state index in [1.54, 1.807) is 43.9 Å². The van der Waals surface area contributed by atoms with Gasteiger partial charge in [-0.05, 0) is 45.7 Å². The number of carbonyl (C=O) groups is 1. The van der Waals surface area contributed by atoms with E-state index in [-0.39, 0.29) is 23.0 Å². The van der Waals surface area contributed by atoms with E-state index in [4.69, 9.17) is 9.26 Å². The number of likely N-dealkylation sites (tertiary alicyclic amines) is 1. The van der Waals surface area contributed by atoms with Crippen molar-refractivity contribution in [2.45, 2.75) is 51.9 Å². The standard InChI is InChI=1S/C18H21F2N3O4/c1-18(2,3)26-17(24)23-10-6-8-12(23)15-21-14(22-27-15)11-7-4-5-9-13(11)25-16(19)20/h4-5,7,9,12,16H,6,8,10H2,1-3H3/t12-/m0/s1. The van der Waals surface area contributed by atoms with E-state index in [1.165, 1.54) is 6.07 Å². The summed E-state index contributed by atoms with van der Waals surface area (Å²) < 4.78 is 40.4. The molecular weight excluding hydrogens is 360 g/mol. The zero-order chi connectivity index (χ0) is 19.6. The molecule has 1 fully saturated rings. The second-order valence-electron chi connectivity index (χ2n) is 7.16. The molecule has 1 aliphatic heterocycles. The molecule has 0 aliphatic carbocycles. The number of nitrogens with zero attached hydrogens (tertiary/aromatic N) is 3. The fraction of sp³-hybridized carbons (Fsp3) is 0.500. The maximum Gasteiger partial charge on any atom is 0.410 e. The highest BCUT2D eigenvalue weighted by atomic mass is 19.3. The van der Waals surface area contributed by atoms with E-state index in [0.29, 0.717) is 13.0 Å². The molecule has 1 aromatic carbocycles. The Labute approximate surface area is 155 Å². The average molecular weight is 381 g/mol. The lowest BCUT2D eigenvalue weighted by Crippen LogP contribution is -2.36. The van der Waals surface area contributed by atoms with Crippen LogP contribution >= 0.6 is 0 Å². The Morgan fingerprint density at radius 3 is 2.78 bits per heavy atom. The van der Waals surface area contributed by atoms with Gasteiger partial charge in [0.05, 0.1) is 5.56 Å². The lowest BCUT2D eigenvalue weighted by Gasteiger charge is -2.26. The van der Waals surface area contributed by atoms with Gasteiger partial charge in [0.25, 0.3) is 0 Å². The molecule has 3 rings (SSSR count). The second kappa shape index (κ2) is 7.50. The maximum atomic E-state index is 12.6. The van der Waals surface area contributed by atoms with Crippen LogP contribution in [0.25, 0.3) is 11.4 Å². The van der Waals surface area contributed by atoms with Crippen LogP contribution in [0.15, 0.2) is 28.8 Å². The highest BCUT2D eigenvalue weighted by Gasteiger charge is 2.36. The number of para-hydroxylation sites is 1. The Morgan fingerprint density at radius 2 is 2.07 bits per heavy atom. The smallest absolute Gasteiger partial charge is 0.410 e. The van der Waals surface area contributed by atoms with Gasteiger partial charge in [0.2, 0.25) is 11.7 Å². The number of aromatic nitrogens is 2. The van der Waals surface area contributed by atoms with E-state index < -0.39 is 24.3 Å². The summed E-state index contributed by atoms with van der Waals surface area (Å²) in [4.78, 5) is 18.3. The van der Waals surface area contributed by atoms with Gasteiger partial charge in [-0.3, -0.25) is 4.90 Å². The van der Waals surface area contributed by atoms with Gasteiger partial charge in [-0.15, -0.1) is 0 Å². The summed E-state index contributed by atoms with van der Waals surface area (Å²) in [5, 5.41) is 3.88. The van der Waals surface area contributed by atoms with E-state index >= 15 is 0 Å². The largest absolute Gasteiger partial charge is 0.444 e. The van der Waals surface area contributed by atoms with Crippen LogP contribution in [0.5, 0.6) is 5.75 Å². The molecule has 1 saturated heterocycles. The number of hydrogen-bond acceptors (Lipinski definition) is 6. The van der Waals surface area contributed by atoms with Crippen molar-refractivity contribution in [3.63, 3.8) is 0 Å². The van der Waals surface area contributed by atoms with Crippen LogP contribution in [0.1, 0.15) is 45.5 Å². The summed E-state index contributed by atoms with van der Waals surface area (Å²) in [6, 6.07) is 5.78. The molecule has 1 amide bonds. The summed E-state index contributed by atoms with van der Waals surface area (Å²) in [7, 11) is 0. The van der Waals surface area contributed by atoms with Crippen molar-refractivity contribution >= 4 is 6.09 Å². The zero-order valence-electron chi connectivity index (χ0n) is 15.3. The van der Waals surface area contributed by atoms with Crippen LogP contribution in [0.2, 0.25) is 0 Å². The first kappa shape index (κ1) is 19.1. The monoisotopic (exact) mass is 381 g/mol. The molecule has 27 heavy (non-hydrogen) atoms. The number of halogens is 2. The Kier molecular flexibility index (Phi) is 5.29. The number of amides is 1. The number of ether oxygens (including phenoxy) is 2. The van der Waals surface area contributed by atoms with Gasteiger partial charge in [0.15, 0.2) is 0 Å². The molecule has 1 aliphatic rings. The minimum absolute atomic E-state index is 0.0460. The van der Waals surface area contributed by atoms with Crippen LogP contribution in [-0.4, -0.2) is 39.9 Å². The summed E-state index contributed by atoms with van der Waals surface area (Å²) in [5.74, 6) is 0.313. The zero-order valence-corrected chi connectivity index (χ0v) is 15.3. The number of alkyl halides is 2. The van der Waals surface area contributed by atoms with E-state index in [1.807, 2.05) is 0 Å². The molecule has 2 heterocycles. The molecule has 0 spiro atoms. The van der Waals surface area contributed by atoms with Gasteiger partial charge >= 0.3 is 12.7 Å². The van der Waals surface area contributed by atoms with Gasteiger partial charge in [-0.1, -0.05) is 17.3 Å². The molecule has 0 N–H and O–H groups in total. The van der Waals surface area contributed by atoms with Gasteiger partial charge in [0.1, 0.15) is 17.4 Å². The van der Waals surface area contributed by atoms with Crippen LogP contribution in [-0.2, 0) is 4.74 Å². The summed E-state index contributed by atoms with van der Waals surface area (Å²) in [6.45, 7) is 2.93. The molecule has 0 saturated carbocycles. The lowest BCUT2D eigenvalue weighted by molar-refractivity contribution is -0.0494. The number of rotatable bonds is 4. The molecule has 7 nitrogen and oxygen atoms in total. The fourth-order valence-electron chi connectivity index (χ4n) is 2.89. The Morgan fingerprint density at radius 1 is 1.33 bits per heavy atom. The summed E-state index contributed by atoms with van der Waals surface area (Å²) >= 11 is 0. The first-order chi connectivity index (χ1) is 12.7. The van der Waals surface area contributed by atoms with Crippen molar-refractivity contribution in [3.05, 3.63) is 30.2 Å². The molecule has 1 atom stereocenters. The SMILES string of the molecule is CC(C)(C)OC(=O)N1CCC[C@H]1c1nc(-c2ccccc2OC(F)F)no1. The highest BCUT2D eigenvalue weighted by Crippen LogP contribution is 2.35. The number of benzene rings is 1. The van der Waals surface area contributed by atoms with E-state index in [2.05, 4.69) is 14.9 Å². The molecule has 0 bridgehead atoms.